The van der Waals surface area contributed by atoms with Crippen LogP contribution in [0, 0.1) is 0 Å². The van der Waals surface area contributed by atoms with Crippen LogP contribution in [0.2, 0.25) is 0 Å². The molecule has 0 spiro atoms. The van der Waals surface area contributed by atoms with Crippen LogP contribution < -0.4 is 10.1 Å². The van der Waals surface area contributed by atoms with E-state index in [1.807, 2.05) is 7.05 Å². The Morgan fingerprint density at radius 1 is 0.657 bits per heavy atom. The van der Waals surface area contributed by atoms with Gasteiger partial charge in [-0.05, 0) is 101 Å². The molecule has 178 valence electrons. The predicted octanol–water partition coefficient (Wildman–Crippen LogP) is 8.67. The molecule has 0 heterocycles. The van der Waals surface area contributed by atoms with Gasteiger partial charge in [-0.25, -0.2) is 0 Å². The van der Waals surface area contributed by atoms with Crippen molar-refractivity contribution >= 4 is 16.5 Å². The van der Waals surface area contributed by atoms with Gasteiger partial charge in [0.15, 0.2) is 0 Å². The Balaban J connectivity index is 1.65. The predicted molar refractivity (Wildman–Crippen MR) is 149 cm³/mol. The zero-order valence-corrected chi connectivity index (χ0v) is 22.2. The minimum Gasteiger partial charge on any atom is -0.487 e. The van der Waals surface area contributed by atoms with Crippen LogP contribution in [0.1, 0.15) is 70.7 Å². The van der Waals surface area contributed by atoms with E-state index in [-0.39, 0.29) is 16.4 Å². The second kappa shape index (κ2) is 6.91. The first-order valence-electron chi connectivity index (χ1n) is 12.7. The number of benzene rings is 4. The third kappa shape index (κ3) is 3.02. The zero-order valence-electron chi connectivity index (χ0n) is 22.2. The molecule has 4 aromatic rings. The summed E-state index contributed by atoms with van der Waals surface area (Å²) in [6.07, 6.45) is 0. The van der Waals surface area contributed by atoms with Crippen molar-refractivity contribution in [2.75, 3.05) is 12.4 Å². The maximum atomic E-state index is 6.51. The fraction of sp³-hybridized carbons (Fsp3) is 0.333. The summed E-state index contributed by atoms with van der Waals surface area (Å²) >= 11 is 0. The van der Waals surface area contributed by atoms with Crippen LogP contribution >= 0.6 is 0 Å². The van der Waals surface area contributed by atoms with Gasteiger partial charge in [0.1, 0.15) is 11.4 Å². The molecule has 4 aromatic carbocycles. The second-order valence-electron chi connectivity index (χ2n) is 12.3. The lowest BCUT2D eigenvalue weighted by Gasteiger charge is -2.26. The molecule has 2 heteroatoms. The highest BCUT2D eigenvalue weighted by Gasteiger charge is 2.42. The van der Waals surface area contributed by atoms with Crippen LogP contribution in [0.25, 0.3) is 33.0 Å². The third-order valence-electron chi connectivity index (χ3n) is 8.14. The summed E-state index contributed by atoms with van der Waals surface area (Å²) in [7, 11) is 1.99. The molecule has 2 aliphatic carbocycles. The Labute approximate surface area is 209 Å². The minimum atomic E-state index is -0.256. The van der Waals surface area contributed by atoms with Gasteiger partial charge in [-0.3, -0.25) is 0 Å². The molecule has 6 rings (SSSR count). The van der Waals surface area contributed by atoms with E-state index in [0.717, 1.165) is 5.75 Å². The van der Waals surface area contributed by atoms with Crippen LogP contribution in [-0.4, -0.2) is 12.6 Å². The van der Waals surface area contributed by atoms with E-state index in [4.69, 9.17) is 4.74 Å². The summed E-state index contributed by atoms with van der Waals surface area (Å²) in [6, 6.07) is 22.8. The number of hydrogen-bond donors (Lipinski definition) is 1. The largest absolute Gasteiger partial charge is 0.487 e. The van der Waals surface area contributed by atoms with Crippen LogP contribution in [-0.2, 0) is 10.8 Å². The Morgan fingerprint density at radius 2 is 1.26 bits per heavy atom. The minimum absolute atomic E-state index is 0.0510. The van der Waals surface area contributed by atoms with Crippen molar-refractivity contribution in [3.63, 3.8) is 0 Å². The van der Waals surface area contributed by atoms with E-state index >= 15 is 0 Å². The molecule has 0 unspecified atom stereocenters. The molecule has 35 heavy (non-hydrogen) atoms. The van der Waals surface area contributed by atoms with Crippen molar-refractivity contribution in [1.29, 1.82) is 0 Å². The van der Waals surface area contributed by atoms with Crippen molar-refractivity contribution in [1.82, 2.24) is 0 Å². The van der Waals surface area contributed by atoms with E-state index in [9.17, 15) is 0 Å². The standard InChI is InChI=1S/C33H35NO/c1-31(2,3)35-29-18-28-30(22-12-10-9-11-21(22)29)24-17-26-23(16-27(24)33(28,6)7)20-14-13-19(34-8)15-25(20)32(26,4)5/h9-18,34H,1-8H3. The number of ether oxygens (including phenoxy) is 1. The lowest BCUT2D eigenvalue weighted by atomic mass is 9.79. The number of anilines is 1. The first kappa shape index (κ1) is 22.2. The normalized spacial score (nSPS) is 16.5. The summed E-state index contributed by atoms with van der Waals surface area (Å²) in [5, 5.41) is 5.79. The maximum absolute atomic E-state index is 6.51. The van der Waals surface area contributed by atoms with Crippen LogP contribution in [0.4, 0.5) is 5.69 Å². The van der Waals surface area contributed by atoms with Crippen LogP contribution in [0.3, 0.4) is 0 Å². The molecule has 0 saturated heterocycles. The monoisotopic (exact) mass is 461 g/mol. The quantitative estimate of drug-likeness (QED) is 0.322. The van der Waals surface area contributed by atoms with Gasteiger partial charge in [0.05, 0.1) is 0 Å². The summed E-state index contributed by atoms with van der Waals surface area (Å²) in [5.41, 5.74) is 11.8. The Bertz CT molecular complexity index is 1530. The first-order valence-corrected chi connectivity index (χ1v) is 12.7. The van der Waals surface area contributed by atoms with Gasteiger partial charge in [0.25, 0.3) is 0 Å². The Kier molecular flexibility index (Phi) is 4.38. The van der Waals surface area contributed by atoms with Gasteiger partial charge in [-0.1, -0.05) is 58.0 Å². The highest BCUT2D eigenvalue weighted by atomic mass is 16.5. The number of rotatable bonds is 2. The summed E-state index contributed by atoms with van der Waals surface area (Å²) in [4.78, 5) is 0. The van der Waals surface area contributed by atoms with Gasteiger partial charge in [0, 0.05) is 29.0 Å². The first-order chi connectivity index (χ1) is 16.4. The summed E-state index contributed by atoms with van der Waals surface area (Å²) < 4.78 is 6.51. The summed E-state index contributed by atoms with van der Waals surface area (Å²) in [5.74, 6) is 0.977. The second-order valence-corrected chi connectivity index (χ2v) is 12.3. The lowest BCUT2D eigenvalue weighted by molar-refractivity contribution is 0.133. The molecular formula is C33H35NO. The van der Waals surface area contributed by atoms with Crippen molar-refractivity contribution in [2.45, 2.75) is 64.9 Å². The average Bonchev–Trinajstić information content (AvgIpc) is 3.16. The smallest absolute Gasteiger partial charge is 0.128 e. The average molecular weight is 462 g/mol. The molecule has 0 fully saturated rings. The van der Waals surface area contributed by atoms with E-state index in [1.165, 1.54) is 61.0 Å². The Hall–Kier alpha value is -3.26. The van der Waals surface area contributed by atoms with Gasteiger partial charge in [0.2, 0.25) is 0 Å². The van der Waals surface area contributed by atoms with Gasteiger partial charge >= 0.3 is 0 Å². The molecule has 0 aliphatic heterocycles. The molecule has 0 aromatic heterocycles. The zero-order chi connectivity index (χ0) is 24.9. The lowest BCUT2D eigenvalue weighted by Crippen LogP contribution is -2.23. The SMILES string of the molecule is CNc1ccc2c(c1)C(C)(C)c1cc3c(cc1-2)C(C)(C)c1cc(OC(C)(C)C)c2ccccc2c1-3. The van der Waals surface area contributed by atoms with Crippen LogP contribution in [0.15, 0.2) is 60.7 Å². The molecule has 2 aliphatic rings. The molecule has 0 amide bonds. The topological polar surface area (TPSA) is 21.3 Å². The Morgan fingerprint density at radius 3 is 1.94 bits per heavy atom. The highest BCUT2D eigenvalue weighted by molar-refractivity contribution is 6.06. The molecule has 0 bridgehead atoms. The summed E-state index contributed by atoms with van der Waals surface area (Å²) in [6.45, 7) is 15.8. The van der Waals surface area contributed by atoms with E-state index in [2.05, 4.69) is 114 Å². The van der Waals surface area contributed by atoms with Gasteiger partial charge in [-0.2, -0.15) is 0 Å². The highest BCUT2D eigenvalue weighted by Crippen LogP contribution is 2.58. The van der Waals surface area contributed by atoms with E-state index in [1.54, 1.807) is 0 Å². The molecule has 0 atom stereocenters. The number of fused-ring (bicyclic) bond motifs is 8. The van der Waals surface area contributed by atoms with Crippen LogP contribution in [0.5, 0.6) is 5.75 Å². The maximum Gasteiger partial charge on any atom is 0.128 e. The van der Waals surface area contributed by atoms with Gasteiger partial charge < -0.3 is 10.1 Å². The van der Waals surface area contributed by atoms with E-state index < -0.39 is 0 Å². The molecule has 0 radical (unpaired) electrons. The molecular weight excluding hydrogens is 426 g/mol. The van der Waals surface area contributed by atoms with Crippen molar-refractivity contribution in [3.05, 3.63) is 82.9 Å². The molecule has 2 nitrogen and oxygen atoms in total. The van der Waals surface area contributed by atoms with Crippen molar-refractivity contribution in [3.8, 4) is 28.0 Å². The fourth-order valence-electron chi connectivity index (χ4n) is 6.34. The van der Waals surface area contributed by atoms with E-state index in [0.29, 0.717) is 0 Å². The number of nitrogens with one attached hydrogen (secondary N) is 1. The molecule has 1 N–H and O–H groups in total. The van der Waals surface area contributed by atoms with Gasteiger partial charge in [-0.15, -0.1) is 0 Å². The molecule has 0 saturated carbocycles. The third-order valence-corrected chi connectivity index (χ3v) is 8.14. The van der Waals surface area contributed by atoms with Crippen molar-refractivity contribution in [2.24, 2.45) is 0 Å². The van der Waals surface area contributed by atoms with Crippen molar-refractivity contribution < 1.29 is 4.74 Å². The number of hydrogen-bond acceptors (Lipinski definition) is 2. The fourth-order valence-corrected chi connectivity index (χ4v) is 6.34.